The lowest BCUT2D eigenvalue weighted by Crippen LogP contribution is -2.31. The van der Waals surface area contributed by atoms with Gasteiger partial charge in [-0.15, -0.1) is 0 Å². The average Bonchev–Trinajstić information content (AvgIpc) is 2.59. The molecule has 0 saturated carbocycles. The molecule has 0 aliphatic heterocycles. The van der Waals surface area contributed by atoms with Crippen LogP contribution >= 0.6 is 0 Å². The van der Waals surface area contributed by atoms with Crippen molar-refractivity contribution in [2.45, 2.75) is 78.7 Å². The van der Waals surface area contributed by atoms with Gasteiger partial charge < -0.3 is 14.2 Å². The molecule has 0 rings (SSSR count). The van der Waals surface area contributed by atoms with E-state index in [9.17, 15) is 14.4 Å². The summed E-state index contributed by atoms with van der Waals surface area (Å²) in [7, 11) is 0. The van der Waals surface area contributed by atoms with Gasteiger partial charge in [-0.1, -0.05) is 40.5 Å². The highest BCUT2D eigenvalue weighted by atomic mass is 16.6. The van der Waals surface area contributed by atoms with Gasteiger partial charge >= 0.3 is 17.9 Å². The van der Waals surface area contributed by atoms with Crippen molar-refractivity contribution in [3.05, 3.63) is 0 Å². The summed E-state index contributed by atoms with van der Waals surface area (Å²) in [5.74, 6) is -1.26. The largest absolute Gasteiger partial charge is 0.462 e. The molecule has 140 valence electrons. The summed E-state index contributed by atoms with van der Waals surface area (Å²) in [5.41, 5.74) is 0. The maximum Gasteiger partial charge on any atom is 0.308 e. The monoisotopic (exact) mass is 344 g/mol. The number of hydrogen-bond acceptors (Lipinski definition) is 6. The molecule has 2 unspecified atom stereocenters. The molecular weight excluding hydrogens is 312 g/mol. The Bertz CT molecular complexity index is 380. The van der Waals surface area contributed by atoms with E-state index in [0.29, 0.717) is 19.3 Å². The van der Waals surface area contributed by atoms with Gasteiger partial charge in [-0.3, -0.25) is 14.4 Å². The lowest BCUT2D eigenvalue weighted by atomic mass is 10.1. The van der Waals surface area contributed by atoms with E-state index in [4.69, 9.17) is 14.2 Å². The predicted octanol–water partition coefficient (Wildman–Crippen LogP) is 3.41. The zero-order valence-corrected chi connectivity index (χ0v) is 15.5. The molecule has 6 heteroatoms. The van der Waals surface area contributed by atoms with Gasteiger partial charge in [0, 0.05) is 12.8 Å². The molecule has 0 bridgehead atoms. The van der Waals surface area contributed by atoms with E-state index < -0.39 is 6.10 Å². The predicted molar refractivity (Wildman–Crippen MR) is 90.3 cm³/mol. The van der Waals surface area contributed by atoms with Crippen LogP contribution in [0.25, 0.3) is 0 Å². The molecular formula is C18H32O6. The molecule has 0 amide bonds. The zero-order valence-electron chi connectivity index (χ0n) is 15.5. The van der Waals surface area contributed by atoms with Crippen molar-refractivity contribution in [2.75, 3.05) is 13.2 Å². The summed E-state index contributed by atoms with van der Waals surface area (Å²) in [5, 5.41) is 0. The SMILES string of the molecule is CCCCC(=O)OCC(COC(=O)C(C)CC)OC(=O)CCCC. The Hall–Kier alpha value is -1.59. The molecule has 0 aliphatic rings. The molecule has 2 atom stereocenters. The van der Waals surface area contributed by atoms with Crippen molar-refractivity contribution in [1.82, 2.24) is 0 Å². The van der Waals surface area contributed by atoms with Crippen molar-refractivity contribution >= 4 is 17.9 Å². The third kappa shape index (κ3) is 11.0. The Morgan fingerprint density at radius 3 is 1.92 bits per heavy atom. The number of carbonyl (C=O) groups is 3. The molecule has 0 aliphatic carbocycles. The zero-order chi connectivity index (χ0) is 18.4. The minimum atomic E-state index is -0.757. The van der Waals surface area contributed by atoms with Crippen LogP contribution in [-0.2, 0) is 28.6 Å². The molecule has 0 N–H and O–H groups in total. The van der Waals surface area contributed by atoms with Crippen molar-refractivity contribution in [3.63, 3.8) is 0 Å². The van der Waals surface area contributed by atoms with Crippen molar-refractivity contribution in [1.29, 1.82) is 0 Å². The van der Waals surface area contributed by atoms with Gasteiger partial charge in [0.15, 0.2) is 6.10 Å². The van der Waals surface area contributed by atoms with Crippen LogP contribution in [0.2, 0.25) is 0 Å². The number of esters is 3. The topological polar surface area (TPSA) is 78.9 Å². The van der Waals surface area contributed by atoms with E-state index >= 15 is 0 Å². The Morgan fingerprint density at radius 2 is 1.38 bits per heavy atom. The van der Waals surface area contributed by atoms with Gasteiger partial charge in [-0.05, 0) is 19.3 Å². The van der Waals surface area contributed by atoms with Gasteiger partial charge in [0.25, 0.3) is 0 Å². The fraction of sp³-hybridized carbons (Fsp3) is 0.833. The number of unbranched alkanes of at least 4 members (excludes halogenated alkanes) is 2. The van der Waals surface area contributed by atoms with E-state index in [1.54, 1.807) is 6.92 Å². The van der Waals surface area contributed by atoms with Crippen LogP contribution in [0.3, 0.4) is 0 Å². The molecule has 0 fully saturated rings. The smallest absolute Gasteiger partial charge is 0.308 e. The Labute approximate surface area is 145 Å². The van der Waals surface area contributed by atoms with Crippen LogP contribution in [0.1, 0.15) is 72.6 Å². The van der Waals surface area contributed by atoms with Gasteiger partial charge in [-0.2, -0.15) is 0 Å². The highest BCUT2D eigenvalue weighted by molar-refractivity contribution is 5.72. The molecule has 0 heterocycles. The first-order valence-electron chi connectivity index (χ1n) is 8.96. The fourth-order valence-electron chi connectivity index (χ4n) is 1.75. The van der Waals surface area contributed by atoms with Gasteiger partial charge in [-0.25, -0.2) is 0 Å². The van der Waals surface area contributed by atoms with E-state index in [1.165, 1.54) is 0 Å². The lowest BCUT2D eigenvalue weighted by Gasteiger charge is -2.19. The maximum atomic E-state index is 11.8. The van der Waals surface area contributed by atoms with Crippen LogP contribution in [-0.4, -0.2) is 37.2 Å². The Kier molecular flexibility index (Phi) is 12.9. The molecule has 0 aromatic heterocycles. The third-order valence-electron chi connectivity index (χ3n) is 3.62. The van der Waals surface area contributed by atoms with Gasteiger partial charge in [0.2, 0.25) is 0 Å². The average molecular weight is 344 g/mol. The summed E-state index contributed by atoms with van der Waals surface area (Å²) in [6.07, 6.45) is 3.82. The van der Waals surface area contributed by atoms with E-state index in [-0.39, 0.29) is 37.0 Å². The fourth-order valence-corrected chi connectivity index (χ4v) is 1.75. The summed E-state index contributed by atoms with van der Waals surface area (Å²) < 4.78 is 15.6. The quantitative estimate of drug-likeness (QED) is 0.376. The molecule has 0 aromatic rings. The summed E-state index contributed by atoms with van der Waals surface area (Å²) in [6, 6.07) is 0. The van der Waals surface area contributed by atoms with Crippen molar-refractivity contribution in [3.8, 4) is 0 Å². The first-order valence-corrected chi connectivity index (χ1v) is 8.96. The highest BCUT2D eigenvalue weighted by Crippen LogP contribution is 2.07. The van der Waals surface area contributed by atoms with Crippen LogP contribution in [0.4, 0.5) is 0 Å². The van der Waals surface area contributed by atoms with Crippen LogP contribution in [0.5, 0.6) is 0 Å². The molecule has 6 nitrogen and oxygen atoms in total. The van der Waals surface area contributed by atoms with Crippen LogP contribution in [0, 0.1) is 5.92 Å². The summed E-state index contributed by atoms with van der Waals surface area (Å²) in [4.78, 5) is 35.1. The van der Waals surface area contributed by atoms with E-state index in [0.717, 1.165) is 25.7 Å². The first kappa shape index (κ1) is 22.4. The van der Waals surface area contributed by atoms with Crippen molar-refractivity contribution in [2.24, 2.45) is 5.92 Å². The molecule has 0 radical (unpaired) electrons. The van der Waals surface area contributed by atoms with Crippen molar-refractivity contribution < 1.29 is 28.6 Å². The molecule has 0 aromatic carbocycles. The second-order valence-electron chi connectivity index (χ2n) is 5.94. The highest BCUT2D eigenvalue weighted by Gasteiger charge is 2.20. The summed E-state index contributed by atoms with van der Waals surface area (Å²) in [6.45, 7) is 7.45. The molecule has 0 saturated heterocycles. The number of rotatable bonds is 13. The maximum absolute atomic E-state index is 11.8. The van der Waals surface area contributed by atoms with E-state index in [2.05, 4.69) is 0 Å². The lowest BCUT2D eigenvalue weighted by molar-refractivity contribution is -0.168. The van der Waals surface area contributed by atoms with Gasteiger partial charge in [0.1, 0.15) is 13.2 Å². The second-order valence-corrected chi connectivity index (χ2v) is 5.94. The summed E-state index contributed by atoms with van der Waals surface area (Å²) >= 11 is 0. The first-order chi connectivity index (χ1) is 11.4. The molecule has 24 heavy (non-hydrogen) atoms. The van der Waals surface area contributed by atoms with Gasteiger partial charge in [0.05, 0.1) is 5.92 Å². The standard InChI is InChI=1S/C18H32O6/c1-5-8-10-16(19)22-12-15(24-17(20)11-9-6-2)13-23-18(21)14(4)7-3/h14-15H,5-13H2,1-4H3. The normalized spacial score (nSPS) is 13.0. The number of carbonyl (C=O) groups excluding carboxylic acids is 3. The molecule has 0 spiro atoms. The van der Waals surface area contributed by atoms with E-state index in [1.807, 2.05) is 20.8 Å². The second kappa shape index (κ2) is 13.8. The van der Waals surface area contributed by atoms with Crippen LogP contribution in [0.15, 0.2) is 0 Å². The Balaban J connectivity index is 4.44. The van der Waals surface area contributed by atoms with Crippen LogP contribution < -0.4 is 0 Å². The minimum absolute atomic E-state index is 0.0891. The number of hydrogen-bond donors (Lipinski definition) is 0. The minimum Gasteiger partial charge on any atom is -0.462 e. The Morgan fingerprint density at radius 1 is 0.833 bits per heavy atom. The third-order valence-corrected chi connectivity index (χ3v) is 3.62. The number of ether oxygens (including phenoxy) is 3.